The first-order valence-corrected chi connectivity index (χ1v) is 9.70. The van der Waals surface area contributed by atoms with Crippen LogP contribution in [0.2, 0.25) is 10.2 Å². The van der Waals surface area contributed by atoms with Gasteiger partial charge in [-0.2, -0.15) is 0 Å². The highest BCUT2D eigenvalue weighted by Gasteiger charge is 2.09. The number of nitrogens with one attached hydrogen (secondary N) is 2. The summed E-state index contributed by atoms with van der Waals surface area (Å²) in [5, 5.41) is 9.65. The Kier molecular flexibility index (Phi) is 10.4. The predicted molar refractivity (Wildman–Crippen MR) is 117 cm³/mol. The van der Waals surface area contributed by atoms with Crippen molar-refractivity contribution in [2.24, 2.45) is 12.0 Å². The van der Waals surface area contributed by atoms with Gasteiger partial charge in [0.05, 0.1) is 11.6 Å². The van der Waals surface area contributed by atoms with Crippen LogP contribution in [0.25, 0.3) is 0 Å². The van der Waals surface area contributed by atoms with E-state index in [1.807, 2.05) is 29.3 Å². The number of rotatable bonds is 7. The normalized spacial score (nSPS) is 11.2. The van der Waals surface area contributed by atoms with E-state index in [0.717, 1.165) is 34.7 Å². The molecular weight excluding hydrogens is 500 g/mol. The van der Waals surface area contributed by atoms with Crippen molar-refractivity contribution in [3.05, 3.63) is 33.5 Å². The van der Waals surface area contributed by atoms with E-state index in [1.54, 1.807) is 30.1 Å². The zero-order valence-corrected chi connectivity index (χ0v) is 18.9. The molecule has 0 atom stereocenters. The summed E-state index contributed by atoms with van der Waals surface area (Å²) >= 11 is 15.5. The van der Waals surface area contributed by atoms with E-state index in [-0.39, 0.29) is 24.0 Å². The molecule has 0 saturated carbocycles. The topological polar surface area (TPSA) is 54.2 Å². The van der Waals surface area contributed by atoms with Gasteiger partial charge in [0.25, 0.3) is 0 Å². The van der Waals surface area contributed by atoms with Crippen molar-refractivity contribution in [3.63, 3.8) is 0 Å². The largest absolute Gasteiger partial charge is 0.356 e. The molecular formula is C14H20Cl2IN5S2. The molecule has 0 amide bonds. The first kappa shape index (κ1) is 21.9. The van der Waals surface area contributed by atoms with Gasteiger partial charge in [-0.3, -0.25) is 4.99 Å². The molecule has 0 aliphatic heterocycles. The zero-order valence-electron chi connectivity index (χ0n) is 13.4. The second-order valence-corrected chi connectivity index (χ2v) is 7.69. The SMILES string of the molecule is CN=C(NCCCSc1nccs1)NCc1cc(Cl)c(Cl)n1C.I. The van der Waals surface area contributed by atoms with E-state index in [0.29, 0.717) is 16.7 Å². The summed E-state index contributed by atoms with van der Waals surface area (Å²) in [6.45, 7) is 1.46. The van der Waals surface area contributed by atoms with Crippen LogP contribution < -0.4 is 10.6 Å². The number of thiazole rings is 1. The lowest BCUT2D eigenvalue weighted by molar-refractivity contribution is 0.743. The van der Waals surface area contributed by atoms with Crippen LogP contribution in [-0.4, -0.2) is 34.9 Å². The van der Waals surface area contributed by atoms with Crippen molar-refractivity contribution in [2.75, 3.05) is 19.3 Å². The Bertz CT molecular complexity index is 646. The molecule has 10 heteroatoms. The molecule has 0 bridgehead atoms. The summed E-state index contributed by atoms with van der Waals surface area (Å²) in [6, 6.07) is 1.86. The summed E-state index contributed by atoms with van der Waals surface area (Å²) in [7, 11) is 3.64. The highest BCUT2D eigenvalue weighted by Crippen LogP contribution is 2.24. The molecule has 0 saturated heterocycles. The number of halogens is 3. The monoisotopic (exact) mass is 519 g/mol. The lowest BCUT2D eigenvalue weighted by Crippen LogP contribution is -2.37. The standard InChI is InChI=1S/C14H19Cl2N5S2.HI/c1-17-13(18-4-3-6-22-14-19-5-7-23-14)20-9-10-8-11(15)12(16)21(10)2;/h5,7-8H,3-4,6,9H2,1-2H3,(H2,17,18,20);1H. The molecule has 0 unspecified atom stereocenters. The maximum absolute atomic E-state index is 6.06. The van der Waals surface area contributed by atoms with Crippen LogP contribution in [0.3, 0.4) is 0 Å². The minimum absolute atomic E-state index is 0. The molecule has 5 nitrogen and oxygen atoms in total. The van der Waals surface area contributed by atoms with Crippen LogP contribution in [0.4, 0.5) is 0 Å². The van der Waals surface area contributed by atoms with E-state index >= 15 is 0 Å². The number of aliphatic imine (C=N–C) groups is 1. The minimum Gasteiger partial charge on any atom is -0.356 e. The molecule has 0 aliphatic carbocycles. The van der Waals surface area contributed by atoms with Gasteiger partial charge < -0.3 is 15.2 Å². The summed E-state index contributed by atoms with van der Waals surface area (Å²) in [6.07, 6.45) is 2.87. The third-order valence-corrected chi connectivity index (χ3v) is 6.02. The maximum atomic E-state index is 6.06. The lowest BCUT2D eigenvalue weighted by Gasteiger charge is -2.12. The van der Waals surface area contributed by atoms with Crippen LogP contribution in [0.1, 0.15) is 12.1 Å². The zero-order chi connectivity index (χ0) is 16.7. The van der Waals surface area contributed by atoms with Crippen LogP contribution in [-0.2, 0) is 13.6 Å². The molecule has 0 radical (unpaired) electrons. The van der Waals surface area contributed by atoms with Crippen LogP contribution in [0.15, 0.2) is 27.0 Å². The van der Waals surface area contributed by atoms with Gasteiger partial charge in [0, 0.05) is 43.7 Å². The predicted octanol–water partition coefficient (Wildman–Crippen LogP) is 4.25. The summed E-state index contributed by atoms with van der Waals surface area (Å²) in [5.41, 5.74) is 1.00. The Hall–Kier alpha value is -0.160. The molecule has 0 spiro atoms. The van der Waals surface area contributed by atoms with Crippen molar-refractivity contribution in [1.29, 1.82) is 0 Å². The number of nitrogens with zero attached hydrogens (tertiary/aromatic N) is 3. The van der Waals surface area contributed by atoms with E-state index in [4.69, 9.17) is 23.2 Å². The van der Waals surface area contributed by atoms with E-state index in [9.17, 15) is 0 Å². The summed E-state index contributed by atoms with van der Waals surface area (Å²) in [5.74, 6) is 1.79. The van der Waals surface area contributed by atoms with Gasteiger partial charge in [-0.15, -0.1) is 35.3 Å². The lowest BCUT2D eigenvalue weighted by atomic mass is 10.4. The first-order chi connectivity index (χ1) is 11.1. The second-order valence-electron chi connectivity index (χ2n) is 4.69. The van der Waals surface area contributed by atoms with Crippen molar-refractivity contribution in [1.82, 2.24) is 20.2 Å². The Morgan fingerprint density at radius 2 is 2.21 bits per heavy atom. The van der Waals surface area contributed by atoms with Gasteiger partial charge in [0.15, 0.2) is 5.96 Å². The summed E-state index contributed by atoms with van der Waals surface area (Å²) in [4.78, 5) is 8.46. The highest BCUT2D eigenvalue weighted by atomic mass is 127. The quantitative estimate of drug-likeness (QED) is 0.189. The Labute approximate surface area is 177 Å². The van der Waals surface area contributed by atoms with E-state index in [1.165, 1.54) is 0 Å². The van der Waals surface area contributed by atoms with Crippen molar-refractivity contribution in [3.8, 4) is 0 Å². The van der Waals surface area contributed by atoms with Gasteiger partial charge in [-0.1, -0.05) is 35.0 Å². The Morgan fingerprint density at radius 1 is 1.42 bits per heavy atom. The van der Waals surface area contributed by atoms with Gasteiger partial charge in [-0.05, 0) is 12.5 Å². The second kappa shape index (κ2) is 11.5. The molecule has 2 heterocycles. The maximum Gasteiger partial charge on any atom is 0.191 e. The molecule has 0 aromatic carbocycles. The van der Waals surface area contributed by atoms with Gasteiger partial charge in [-0.25, -0.2) is 4.98 Å². The van der Waals surface area contributed by atoms with Crippen molar-refractivity contribution in [2.45, 2.75) is 17.3 Å². The highest BCUT2D eigenvalue weighted by molar-refractivity contribution is 14.0. The minimum atomic E-state index is 0. The van der Waals surface area contributed by atoms with Crippen molar-refractivity contribution < 1.29 is 0 Å². The fourth-order valence-electron chi connectivity index (χ4n) is 1.87. The average molecular weight is 520 g/mol. The number of aromatic nitrogens is 2. The van der Waals surface area contributed by atoms with Gasteiger partial charge in [0.2, 0.25) is 0 Å². The average Bonchev–Trinajstić information content (AvgIpc) is 3.15. The van der Waals surface area contributed by atoms with Crippen LogP contribution in [0.5, 0.6) is 0 Å². The Balaban J connectivity index is 0.00000288. The first-order valence-electron chi connectivity index (χ1n) is 7.08. The molecule has 134 valence electrons. The summed E-state index contributed by atoms with van der Waals surface area (Å²) < 4.78 is 2.97. The molecule has 24 heavy (non-hydrogen) atoms. The fourth-order valence-corrected chi connectivity index (χ4v) is 3.94. The molecule has 2 aromatic rings. The van der Waals surface area contributed by atoms with Gasteiger partial charge in [0.1, 0.15) is 9.49 Å². The van der Waals surface area contributed by atoms with Crippen LogP contribution >= 0.6 is 70.3 Å². The van der Waals surface area contributed by atoms with Crippen LogP contribution in [0, 0.1) is 0 Å². The smallest absolute Gasteiger partial charge is 0.191 e. The van der Waals surface area contributed by atoms with Crippen molar-refractivity contribution >= 4 is 76.2 Å². The third-order valence-electron chi connectivity index (χ3n) is 3.13. The number of thioether (sulfide) groups is 1. The van der Waals surface area contributed by atoms with E-state index < -0.39 is 0 Å². The molecule has 0 fully saturated rings. The number of hydrogen-bond donors (Lipinski definition) is 2. The molecule has 2 aromatic heterocycles. The molecule has 2 N–H and O–H groups in total. The number of guanidine groups is 1. The fraction of sp³-hybridized carbons (Fsp3) is 0.429. The Morgan fingerprint density at radius 3 is 2.79 bits per heavy atom. The van der Waals surface area contributed by atoms with Gasteiger partial charge >= 0.3 is 0 Å². The number of hydrogen-bond acceptors (Lipinski definition) is 4. The molecule has 0 aliphatic rings. The van der Waals surface area contributed by atoms with E-state index in [2.05, 4.69) is 20.6 Å². The molecule has 2 rings (SSSR count). The third kappa shape index (κ3) is 6.62.